The Hall–Kier alpha value is -1.32. The predicted molar refractivity (Wildman–Crippen MR) is 117 cm³/mol. The van der Waals surface area contributed by atoms with Crippen molar-refractivity contribution in [2.45, 2.75) is 98.2 Å². The van der Waals surface area contributed by atoms with Gasteiger partial charge in [0.25, 0.3) is 0 Å². The Labute approximate surface area is 182 Å². The van der Waals surface area contributed by atoms with Crippen molar-refractivity contribution in [3.05, 3.63) is 12.2 Å². The zero-order valence-electron chi connectivity index (χ0n) is 19.5. The summed E-state index contributed by atoms with van der Waals surface area (Å²) in [5.41, 5.74) is 1.51. The van der Waals surface area contributed by atoms with Crippen molar-refractivity contribution in [1.82, 2.24) is 0 Å². The molecule has 4 aliphatic carbocycles. The molecular weight excluding hydrogens is 376 g/mol. The van der Waals surface area contributed by atoms with E-state index >= 15 is 0 Å². The maximum atomic E-state index is 12.1. The van der Waals surface area contributed by atoms with E-state index in [9.17, 15) is 9.59 Å². The third-order valence-corrected chi connectivity index (χ3v) is 9.93. The zero-order valence-corrected chi connectivity index (χ0v) is 19.5. The molecule has 0 aromatic heterocycles. The highest BCUT2D eigenvalue weighted by atomic mass is 16.5. The molecule has 0 amide bonds. The summed E-state index contributed by atoms with van der Waals surface area (Å²) in [5, 5.41) is 0. The minimum Gasteiger partial charge on any atom is -0.463 e. The molecule has 0 N–H and O–H groups in total. The first-order valence-corrected chi connectivity index (χ1v) is 12.1. The van der Waals surface area contributed by atoms with E-state index in [1.165, 1.54) is 38.2 Å². The van der Waals surface area contributed by atoms with Gasteiger partial charge in [0.05, 0.1) is 0 Å². The average molecular weight is 417 g/mol. The molecule has 0 unspecified atom stereocenters. The van der Waals surface area contributed by atoms with Gasteiger partial charge in [-0.05, 0) is 93.3 Å². The first-order chi connectivity index (χ1) is 14.1. The lowest BCUT2D eigenvalue weighted by molar-refractivity contribution is -0.193. The normalized spacial score (nSPS) is 47.4. The molecule has 0 aliphatic heterocycles. The number of ether oxygens (including phenoxy) is 2. The molecule has 0 bridgehead atoms. The van der Waals surface area contributed by atoms with Gasteiger partial charge >= 0.3 is 11.9 Å². The van der Waals surface area contributed by atoms with Crippen molar-refractivity contribution in [3.63, 3.8) is 0 Å². The van der Waals surface area contributed by atoms with Gasteiger partial charge in [-0.25, -0.2) is 0 Å². The molecule has 4 saturated carbocycles. The van der Waals surface area contributed by atoms with Crippen LogP contribution in [-0.4, -0.2) is 24.1 Å². The molecule has 4 fully saturated rings. The Balaban J connectivity index is 1.64. The number of carbonyl (C=O) groups excluding carboxylic acids is 2. The van der Waals surface area contributed by atoms with Crippen LogP contribution >= 0.6 is 0 Å². The van der Waals surface area contributed by atoms with Crippen LogP contribution < -0.4 is 0 Å². The van der Waals surface area contributed by atoms with E-state index < -0.39 is 0 Å². The molecule has 30 heavy (non-hydrogen) atoms. The van der Waals surface area contributed by atoms with Gasteiger partial charge in [-0.1, -0.05) is 26.0 Å². The third kappa shape index (κ3) is 3.33. The van der Waals surface area contributed by atoms with Crippen molar-refractivity contribution < 1.29 is 19.1 Å². The largest absolute Gasteiger partial charge is 0.463 e. The summed E-state index contributed by atoms with van der Waals surface area (Å²) in [6, 6.07) is 0. The number of fused-ring (bicyclic) bond motifs is 5. The summed E-state index contributed by atoms with van der Waals surface area (Å²) in [7, 11) is 0. The minimum absolute atomic E-state index is 0.0107. The number of carbonyl (C=O) groups is 2. The van der Waals surface area contributed by atoms with Crippen LogP contribution in [-0.2, 0) is 19.1 Å². The van der Waals surface area contributed by atoms with Gasteiger partial charge in [-0.15, -0.1) is 0 Å². The number of hydrogen-bond donors (Lipinski definition) is 0. The topological polar surface area (TPSA) is 52.6 Å². The van der Waals surface area contributed by atoms with E-state index in [1.54, 1.807) is 6.92 Å². The van der Waals surface area contributed by atoms with Crippen LogP contribution in [0, 0.1) is 40.4 Å². The lowest BCUT2D eigenvalue weighted by atomic mass is 9.44. The fourth-order valence-corrected chi connectivity index (χ4v) is 8.67. The second-order valence-electron chi connectivity index (χ2n) is 11.3. The van der Waals surface area contributed by atoms with E-state index in [-0.39, 0.29) is 35.0 Å². The van der Waals surface area contributed by atoms with Crippen molar-refractivity contribution >= 4 is 11.9 Å². The molecule has 9 atom stereocenters. The second-order valence-corrected chi connectivity index (χ2v) is 11.3. The summed E-state index contributed by atoms with van der Waals surface area (Å²) in [4.78, 5) is 23.6. The van der Waals surface area contributed by atoms with Gasteiger partial charge in [0.15, 0.2) is 0 Å². The fraction of sp³-hybridized carbons (Fsp3) is 0.846. The Morgan fingerprint density at radius 2 is 1.57 bits per heavy atom. The average Bonchev–Trinajstić information content (AvgIpc) is 3.01. The third-order valence-electron chi connectivity index (χ3n) is 9.93. The highest BCUT2D eigenvalue weighted by molar-refractivity contribution is 5.66. The van der Waals surface area contributed by atoms with Crippen LogP contribution in [0.1, 0.15) is 86.0 Å². The SMILES string of the molecule is C=C(C)[C@H]1CC[C@H]2[C@@H]3CC[C@@H]4C[C@@H](OC(C)=O)CC[C@]4(C)[C@H]3C[C@H](OC(C)=O)[C@]12C. The summed E-state index contributed by atoms with van der Waals surface area (Å²) in [6.07, 6.45) is 8.99. The number of esters is 2. The Kier molecular flexibility index (Phi) is 5.60. The smallest absolute Gasteiger partial charge is 0.302 e. The van der Waals surface area contributed by atoms with E-state index in [2.05, 4.69) is 27.4 Å². The quantitative estimate of drug-likeness (QED) is 0.438. The lowest BCUT2D eigenvalue weighted by Gasteiger charge is -2.62. The van der Waals surface area contributed by atoms with Gasteiger partial charge < -0.3 is 9.47 Å². The van der Waals surface area contributed by atoms with Crippen molar-refractivity contribution in [2.75, 3.05) is 0 Å². The number of rotatable bonds is 3. The van der Waals surface area contributed by atoms with Gasteiger partial charge in [0, 0.05) is 19.3 Å². The molecule has 4 rings (SSSR count). The van der Waals surface area contributed by atoms with Crippen LogP contribution in [0.5, 0.6) is 0 Å². The van der Waals surface area contributed by atoms with E-state index in [1.807, 2.05) is 0 Å². The maximum absolute atomic E-state index is 12.1. The zero-order chi connectivity index (χ0) is 21.8. The first kappa shape index (κ1) is 21.9. The molecule has 4 heteroatoms. The van der Waals surface area contributed by atoms with Crippen molar-refractivity contribution in [1.29, 1.82) is 0 Å². The second kappa shape index (κ2) is 7.67. The van der Waals surface area contributed by atoms with E-state index in [0.717, 1.165) is 25.7 Å². The predicted octanol–water partition coefficient (Wildman–Crippen LogP) is 5.69. The van der Waals surface area contributed by atoms with Gasteiger partial charge in [-0.2, -0.15) is 0 Å². The standard InChI is InChI=1S/C26H40O4/c1-15(2)21-9-10-22-20-8-7-18-13-19(29-16(3)27)11-12-25(18,5)23(20)14-24(26(21,22)6)30-17(4)28/h18-24H,1,7-14H2,2-6H3/t18-,19+,20+,21-,22+,23+,24+,25+,26-/m1/s1. The molecule has 0 saturated heterocycles. The molecule has 168 valence electrons. The molecule has 4 nitrogen and oxygen atoms in total. The Morgan fingerprint density at radius 3 is 2.20 bits per heavy atom. The summed E-state index contributed by atoms with van der Waals surface area (Å²) in [6.45, 7) is 14.4. The van der Waals surface area contributed by atoms with Crippen LogP contribution in [0.2, 0.25) is 0 Å². The fourth-order valence-electron chi connectivity index (χ4n) is 8.67. The van der Waals surface area contributed by atoms with Crippen LogP contribution in [0.3, 0.4) is 0 Å². The summed E-state index contributed by atoms with van der Waals surface area (Å²) in [5.74, 6) is 2.62. The summed E-state index contributed by atoms with van der Waals surface area (Å²) < 4.78 is 11.7. The molecule has 0 radical (unpaired) electrons. The maximum Gasteiger partial charge on any atom is 0.302 e. The Bertz CT molecular complexity index is 729. The van der Waals surface area contributed by atoms with Gasteiger partial charge in [-0.3, -0.25) is 9.59 Å². The van der Waals surface area contributed by atoms with Crippen molar-refractivity contribution in [2.24, 2.45) is 40.4 Å². The molecule has 0 aromatic rings. The van der Waals surface area contributed by atoms with E-state index in [4.69, 9.17) is 9.47 Å². The van der Waals surface area contributed by atoms with Gasteiger partial charge in [0.2, 0.25) is 0 Å². The Morgan fingerprint density at radius 1 is 0.867 bits per heavy atom. The van der Waals surface area contributed by atoms with Crippen LogP contribution in [0.25, 0.3) is 0 Å². The van der Waals surface area contributed by atoms with E-state index in [0.29, 0.717) is 29.6 Å². The monoisotopic (exact) mass is 416 g/mol. The first-order valence-electron chi connectivity index (χ1n) is 12.1. The molecule has 0 aromatic carbocycles. The highest BCUT2D eigenvalue weighted by Gasteiger charge is 2.64. The number of hydrogen-bond acceptors (Lipinski definition) is 4. The molecule has 0 spiro atoms. The van der Waals surface area contributed by atoms with Crippen molar-refractivity contribution in [3.8, 4) is 0 Å². The molecular formula is C26H40O4. The van der Waals surface area contributed by atoms with Crippen LogP contribution in [0.15, 0.2) is 12.2 Å². The number of allylic oxidation sites excluding steroid dienone is 1. The highest BCUT2D eigenvalue weighted by Crippen LogP contribution is 2.68. The minimum atomic E-state index is -0.155. The summed E-state index contributed by atoms with van der Waals surface area (Å²) >= 11 is 0. The van der Waals surface area contributed by atoms with Gasteiger partial charge in [0.1, 0.15) is 12.2 Å². The molecule has 4 aliphatic rings. The van der Waals surface area contributed by atoms with Crippen LogP contribution in [0.4, 0.5) is 0 Å². The molecule has 0 heterocycles. The lowest BCUT2D eigenvalue weighted by Crippen LogP contribution is -2.59.